The Balaban J connectivity index is 1.96. The van der Waals surface area contributed by atoms with Crippen LogP contribution in [0.15, 0.2) is 29.4 Å². The molecule has 2 rings (SSSR count). The molecule has 1 amide bonds. The predicted molar refractivity (Wildman–Crippen MR) is 66.2 cm³/mol. The fourth-order valence-corrected chi connectivity index (χ4v) is 1.52. The molecule has 0 radical (unpaired) electrons. The Morgan fingerprint density at radius 1 is 1.37 bits per heavy atom. The van der Waals surface area contributed by atoms with Crippen LogP contribution in [0.2, 0.25) is 0 Å². The Hall–Kier alpha value is -1.98. The average molecular weight is 268 g/mol. The summed E-state index contributed by atoms with van der Waals surface area (Å²) in [6.07, 6.45) is 1.83. The fraction of sp³-hybridized carbons (Fsp3) is 0.385. The normalized spacial score (nSPS) is 15.5. The summed E-state index contributed by atoms with van der Waals surface area (Å²) in [5.41, 5.74) is 3.83. The highest BCUT2D eigenvalue weighted by Crippen LogP contribution is 2.28. The predicted octanol–water partition coefficient (Wildman–Crippen LogP) is 2.54. The van der Waals surface area contributed by atoms with Crippen molar-refractivity contribution in [2.45, 2.75) is 26.4 Å². The van der Waals surface area contributed by atoms with Crippen LogP contribution in [-0.4, -0.2) is 18.2 Å². The molecule has 1 N–H and O–H groups in total. The van der Waals surface area contributed by atoms with E-state index in [4.69, 9.17) is 0 Å². The summed E-state index contributed by atoms with van der Waals surface area (Å²) in [6, 6.07) is 6.09. The summed E-state index contributed by atoms with van der Waals surface area (Å²) in [7, 11) is 0. The van der Waals surface area contributed by atoms with Gasteiger partial charge in [0.05, 0.1) is 5.71 Å². The van der Waals surface area contributed by atoms with Gasteiger partial charge in [0.2, 0.25) is 5.91 Å². The highest BCUT2D eigenvalue weighted by molar-refractivity contribution is 5.99. The molecule has 1 aromatic rings. The van der Waals surface area contributed by atoms with Gasteiger partial charge < -0.3 is 4.74 Å². The number of nitrogens with one attached hydrogen (secondary N) is 1. The van der Waals surface area contributed by atoms with Crippen LogP contribution in [0.5, 0.6) is 5.75 Å². The van der Waals surface area contributed by atoms with E-state index in [1.54, 1.807) is 19.1 Å². The molecular formula is C13H14F2N2O2. The monoisotopic (exact) mass is 268 g/mol. The van der Waals surface area contributed by atoms with Gasteiger partial charge >= 0.3 is 6.61 Å². The Morgan fingerprint density at radius 2 is 2.00 bits per heavy atom. The first-order valence-electron chi connectivity index (χ1n) is 5.95. The Morgan fingerprint density at radius 3 is 2.53 bits per heavy atom. The molecule has 102 valence electrons. The van der Waals surface area contributed by atoms with Crippen LogP contribution < -0.4 is 10.2 Å². The summed E-state index contributed by atoms with van der Waals surface area (Å²) in [5, 5.41) is 3.97. The standard InChI is InChI=1S/C13H14F2N2O2/c1-8(16-17-12(18)10-2-3-10)9-4-6-11(7-5-9)19-13(14)15/h4-7,10,13H,2-3H2,1H3,(H,17,18)/b16-8+. The van der Waals surface area contributed by atoms with Crippen LogP contribution in [-0.2, 0) is 4.79 Å². The third-order valence-corrected chi connectivity index (χ3v) is 2.78. The van der Waals surface area contributed by atoms with Gasteiger partial charge in [-0.1, -0.05) is 0 Å². The highest BCUT2D eigenvalue weighted by atomic mass is 19.3. The molecule has 0 aromatic heterocycles. The maximum Gasteiger partial charge on any atom is 0.387 e. The first kappa shape index (κ1) is 13.5. The van der Waals surface area contributed by atoms with Gasteiger partial charge in [0.15, 0.2) is 0 Å². The van der Waals surface area contributed by atoms with Crippen molar-refractivity contribution in [3.63, 3.8) is 0 Å². The van der Waals surface area contributed by atoms with Crippen LogP contribution in [0.3, 0.4) is 0 Å². The number of hydrazone groups is 1. The molecule has 0 heterocycles. The van der Waals surface area contributed by atoms with E-state index in [2.05, 4.69) is 15.3 Å². The van der Waals surface area contributed by atoms with Crippen molar-refractivity contribution in [3.05, 3.63) is 29.8 Å². The van der Waals surface area contributed by atoms with E-state index in [1.165, 1.54) is 12.1 Å². The van der Waals surface area contributed by atoms with Crippen LogP contribution in [0.25, 0.3) is 0 Å². The lowest BCUT2D eigenvalue weighted by molar-refractivity contribution is -0.122. The maximum absolute atomic E-state index is 12.0. The first-order valence-corrected chi connectivity index (χ1v) is 5.95. The molecule has 1 fully saturated rings. The summed E-state index contributed by atoms with van der Waals surface area (Å²) >= 11 is 0. The third-order valence-electron chi connectivity index (χ3n) is 2.78. The minimum atomic E-state index is -2.83. The topological polar surface area (TPSA) is 50.7 Å². The Labute approximate surface area is 109 Å². The molecule has 0 saturated heterocycles. The van der Waals surface area contributed by atoms with Crippen LogP contribution in [0.4, 0.5) is 8.78 Å². The second-order valence-electron chi connectivity index (χ2n) is 4.35. The molecular weight excluding hydrogens is 254 g/mol. The molecule has 1 aromatic carbocycles. The van der Waals surface area contributed by atoms with Crippen molar-refractivity contribution in [1.29, 1.82) is 0 Å². The molecule has 1 aliphatic carbocycles. The van der Waals surface area contributed by atoms with E-state index in [-0.39, 0.29) is 17.6 Å². The van der Waals surface area contributed by atoms with Crippen molar-refractivity contribution in [2.24, 2.45) is 11.0 Å². The zero-order valence-electron chi connectivity index (χ0n) is 10.4. The summed E-state index contributed by atoms with van der Waals surface area (Å²) < 4.78 is 28.2. The molecule has 1 aliphatic rings. The summed E-state index contributed by atoms with van der Waals surface area (Å²) in [5.74, 6) is 0.115. The number of hydrogen-bond acceptors (Lipinski definition) is 3. The van der Waals surface area contributed by atoms with E-state index in [0.717, 1.165) is 18.4 Å². The van der Waals surface area contributed by atoms with E-state index in [9.17, 15) is 13.6 Å². The number of carbonyl (C=O) groups is 1. The van der Waals surface area contributed by atoms with Crippen molar-refractivity contribution in [1.82, 2.24) is 5.43 Å². The number of ether oxygens (including phenoxy) is 1. The molecule has 0 spiro atoms. The fourth-order valence-electron chi connectivity index (χ4n) is 1.52. The molecule has 0 unspecified atom stereocenters. The lowest BCUT2D eigenvalue weighted by Gasteiger charge is -2.06. The minimum Gasteiger partial charge on any atom is -0.435 e. The number of benzene rings is 1. The maximum atomic E-state index is 12.0. The molecule has 0 aliphatic heterocycles. The quantitative estimate of drug-likeness (QED) is 0.659. The molecule has 0 atom stereocenters. The minimum absolute atomic E-state index is 0.0722. The van der Waals surface area contributed by atoms with Gasteiger partial charge in [-0.25, -0.2) is 5.43 Å². The number of amides is 1. The van der Waals surface area contributed by atoms with Gasteiger partial charge in [-0.3, -0.25) is 4.79 Å². The summed E-state index contributed by atoms with van der Waals surface area (Å²) in [4.78, 5) is 11.4. The summed E-state index contributed by atoms with van der Waals surface area (Å²) in [6.45, 7) is -1.10. The van der Waals surface area contributed by atoms with Crippen molar-refractivity contribution in [3.8, 4) is 5.75 Å². The number of carbonyl (C=O) groups excluding carboxylic acids is 1. The van der Waals surface area contributed by atoms with Gasteiger partial charge in [0.25, 0.3) is 0 Å². The van der Waals surface area contributed by atoms with E-state index >= 15 is 0 Å². The number of nitrogens with zero attached hydrogens (tertiary/aromatic N) is 1. The smallest absolute Gasteiger partial charge is 0.387 e. The second-order valence-corrected chi connectivity index (χ2v) is 4.35. The lowest BCUT2D eigenvalue weighted by atomic mass is 10.1. The second kappa shape index (κ2) is 5.77. The first-order chi connectivity index (χ1) is 9.06. The number of rotatable bonds is 5. The lowest BCUT2D eigenvalue weighted by Crippen LogP contribution is -2.20. The number of alkyl halides is 2. The zero-order valence-corrected chi connectivity index (χ0v) is 10.4. The van der Waals surface area contributed by atoms with Gasteiger partial charge in [-0.2, -0.15) is 13.9 Å². The zero-order chi connectivity index (χ0) is 13.8. The van der Waals surface area contributed by atoms with E-state index in [0.29, 0.717) is 5.71 Å². The van der Waals surface area contributed by atoms with Crippen molar-refractivity contribution in [2.75, 3.05) is 0 Å². The number of halogens is 2. The van der Waals surface area contributed by atoms with Crippen molar-refractivity contribution < 1.29 is 18.3 Å². The Bertz CT molecular complexity index is 482. The highest BCUT2D eigenvalue weighted by Gasteiger charge is 2.29. The molecule has 19 heavy (non-hydrogen) atoms. The van der Waals surface area contributed by atoms with E-state index < -0.39 is 6.61 Å². The van der Waals surface area contributed by atoms with Crippen LogP contribution in [0, 0.1) is 5.92 Å². The average Bonchev–Trinajstić information content (AvgIpc) is 3.20. The van der Waals surface area contributed by atoms with Crippen LogP contribution in [0.1, 0.15) is 25.3 Å². The molecule has 6 heteroatoms. The van der Waals surface area contributed by atoms with Gasteiger partial charge in [0.1, 0.15) is 5.75 Å². The SMILES string of the molecule is C/C(=N\NC(=O)C1CC1)c1ccc(OC(F)F)cc1. The molecule has 0 bridgehead atoms. The van der Waals surface area contributed by atoms with E-state index in [1.807, 2.05) is 0 Å². The van der Waals surface area contributed by atoms with Crippen LogP contribution >= 0.6 is 0 Å². The van der Waals surface area contributed by atoms with Gasteiger partial charge in [0, 0.05) is 5.92 Å². The van der Waals surface area contributed by atoms with Crippen molar-refractivity contribution >= 4 is 11.6 Å². The van der Waals surface area contributed by atoms with Gasteiger partial charge in [-0.15, -0.1) is 0 Å². The molecule has 1 saturated carbocycles. The number of hydrogen-bond donors (Lipinski definition) is 1. The Kier molecular flexibility index (Phi) is 4.09. The largest absolute Gasteiger partial charge is 0.435 e. The molecule has 4 nitrogen and oxygen atoms in total. The third kappa shape index (κ3) is 4.01. The van der Waals surface area contributed by atoms with Gasteiger partial charge in [-0.05, 0) is 49.6 Å².